The quantitative estimate of drug-likeness (QED) is 0.687. The minimum Gasteiger partial charge on any atom is -0.303 e. The molecule has 2 rings (SSSR count). The average molecular weight is 213 g/mol. The molecule has 0 radical (unpaired) electrons. The Morgan fingerprint density at radius 2 is 2.07 bits per heavy atom. The summed E-state index contributed by atoms with van der Waals surface area (Å²) in [7, 11) is 2.30. The maximum Gasteiger partial charge on any atom is 0.00923 e. The summed E-state index contributed by atoms with van der Waals surface area (Å²) in [5.74, 6) is 2.08. The lowest BCUT2D eigenvalue weighted by molar-refractivity contribution is 0.0800. The van der Waals surface area contributed by atoms with Gasteiger partial charge in [0.2, 0.25) is 0 Å². The van der Waals surface area contributed by atoms with Gasteiger partial charge in [-0.3, -0.25) is 0 Å². The zero-order chi connectivity index (χ0) is 10.2. The van der Waals surface area contributed by atoms with Crippen molar-refractivity contribution >= 4 is 12.6 Å². The van der Waals surface area contributed by atoms with Crippen LogP contribution in [0.25, 0.3) is 0 Å². The highest BCUT2D eigenvalue weighted by Crippen LogP contribution is 2.43. The Bertz CT molecular complexity index is 191. The van der Waals surface area contributed by atoms with E-state index in [4.69, 9.17) is 0 Å². The number of thiol groups is 1. The van der Waals surface area contributed by atoms with E-state index < -0.39 is 0 Å². The van der Waals surface area contributed by atoms with Crippen LogP contribution in [0.3, 0.4) is 0 Å². The standard InChI is InChI=1S/C12H23NS/c1-10(11-4-5-11)13(2)8-12(9-14)6-3-7-12/h10-11,14H,3-9H2,1-2H3. The van der Waals surface area contributed by atoms with Crippen LogP contribution in [-0.2, 0) is 0 Å². The Kier molecular flexibility index (Phi) is 3.13. The Labute approximate surface area is 93.7 Å². The molecule has 0 aromatic heterocycles. The number of nitrogens with zero attached hydrogens (tertiary/aromatic N) is 1. The smallest absolute Gasteiger partial charge is 0.00923 e. The molecule has 2 aliphatic rings. The van der Waals surface area contributed by atoms with Crippen LogP contribution in [0.5, 0.6) is 0 Å². The van der Waals surface area contributed by atoms with Crippen LogP contribution in [0.2, 0.25) is 0 Å². The summed E-state index contributed by atoms with van der Waals surface area (Å²) >= 11 is 4.52. The largest absolute Gasteiger partial charge is 0.303 e. The van der Waals surface area contributed by atoms with Crippen molar-refractivity contribution in [3.8, 4) is 0 Å². The van der Waals surface area contributed by atoms with Crippen LogP contribution < -0.4 is 0 Å². The molecule has 0 amide bonds. The normalized spacial score (nSPS) is 27.4. The molecule has 0 N–H and O–H groups in total. The second-order valence-electron chi connectivity index (χ2n) is 5.50. The fraction of sp³-hybridized carbons (Fsp3) is 1.00. The Morgan fingerprint density at radius 3 is 2.43 bits per heavy atom. The van der Waals surface area contributed by atoms with Crippen molar-refractivity contribution in [1.82, 2.24) is 4.90 Å². The second-order valence-corrected chi connectivity index (χ2v) is 5.82. The lowest BCUT2D eigenvalue weighted by Gasteiger charge is -2.45. The molecule has 1 unspecified atom stereocenters. The average Bonchev–Trinajstić information content (AvgIpc) is 2.92. The third kappa shape index (κ3) is 2.11. The van der Waals surface area contributed by atoms with E-state index in [1.165, 1.54) is 38.6 Å². The van der Waals surface area contributed by atoms with Crippen molar-refractivity contribution in [2.45, 2.75) is 45.1 Å². The molecule has 2 aliphatic carbocycles. The van der Waals surface area contributed by atoms with Gasteiger partial charge in [0.15, 0.2) is 0 Å². The van der Waals surface area contributed by atoms with Crippen molar-refractivity contribution in [2.75, 3.05) is 19.3 Å². The van der Waals surface area contributed by atoms with E-state index in [1.54, 1.807) is 0 Å². The highest BCUT2D eigenvalue weighted by molar-refractivity contribution is 7.80. The molecule has 82 valence electrons. The first-order chi connectivity index (χ1) is 6.67. The van der Waals surface area contributed by atoms with Crippen LogP contribution in [0.1, 0.15) is 39.0 Å². The molecule has 0 saturated heterocycles. The van der Waals surface area contributed by atoms with Gasteiger partial charge < -0.3 is 4.90 Å². The number of hydrogen-bond acceptors (Lipinski definition) is 2. The minimum absolute atomic E-state index is 0.570. The molecule has 0 aromatic carbocycles. The molecule has 0 spiro atoms. The van der Waals surface area contributed by atoms with E-state index in [9.17, 15) is 0 Å². The van der Waals surface area contributed by atoms with Crippen LogP contribution in [0, 0.1) is 11.3 Å². The molecule has 0 heterocycles. The van der Waals surface area contributed by atoms with Gasteiger partial charge in [0.25, 0.3) is 0 Å². The monoisotopic (exact) mass is 213 g/mol. The molecule has 1 atom stereocenters. The fourth-order valence-electron chi connectivity index (χ4n) is 2.65. The third-order valence-corrected chi connectivity index (χ3v) is 5.00. The third-order valence-electron chi connectivity index (χ3n) is 4.33. The first-order valence-electron chi connectivity index (χ1n) is 5.98. The van der Waals surface area contributed by atoms with Gasteiger partial charge in [0.1, 0.15) is 0 Å². The van der Waals surface area contributed by atoms with Crippen molar-refractivity contribution < 1.29 is 0 Å². The van der Waals surface area contributed by atoms with Gasteiger partial charge in [-0.15, -0.1) is 0 Å². The molecule has 2 saturated carbocycles. The predicted molar refractivity (Wildman–Crippen MR) is 65.0 cm³/mol. The summed E-state index contributed by atoms with van der Waals surface area (Å²) in [5.41, 5.74) is 0.570. The van der Waals surface area contributed by atoms with Gasteiger partial charge in [-0.05, 0) is 56.7 Å². The zero-order valence-corrected chi connectivity index (χ0v) is 10.4. The van der Waals surface area contributed by atoms with Gasteiger partial charge >= 0.3 is 0 Å². The van der Waals surface area contributed by atoms with Gasteiger partial charge in [-0.25, -0.2) is 0 Å². The number of hydrogen-bond donors (Lipinski definition) is 1. The Hall–Kier alpha value is 0.310. The summed E-state index contributed by atoms with van der Waals surface area (Å²) in [6, 6.07) is 0.798. The second kappa shape index (κ2) is 4.05. The maximum atomic E-state index is 4.52. The van der Waals surface area contributed by atoms with E-state index in [0.29, 0.717) is 5.41 Å². The topological polar surface area (TPSA) is 3.24 Å². The first kappa shape index (κ1) is 10.8. The van der Waals surface area contributed by atoms with Crippen LogP contribution in [-0.4, -0.2) is 30.3 Å². The van der Waals surface area contributed by atoms with Gasteiger partial charge in [-0.2, -0.15) is 12.6 Å². The van der Waals surface area contributed by atoms with Gasteiger partial charge in [-0.1, -0.05) is 6.42 Å². The van der Waals surface area contributed by atoms with Crippen molar-refractivity contribution in [1.29, 1.82) is 0 Å². The summed E-state index contributed by atoms with van der Waals surface area (Å²) in [6.45, 7) is 3.66. The van der Waals surface area contributed by atoms with E-state index in [2.05, 4.69) is 31.5 Å². The highest BCUT2D eigenvalue weighted by atomic mass is 32.1. The summed E-state index contributed by atoms with van der Waals surface area (Å²) in [4.78, 5) is 2.58. The minimum atomic E-state index is 0.570. The highest BCUT2D eigenvalue weighted by Gasteiger charge is 2.39. The Morgan fingerprint density at radius 1 is 1.43 bits per heavy atom. The lowest BCUT2D eigenvalue weighted by Crippen LogP contribution is -2.45. The van der Waals surface area contributed by atoms with Crippen molar-refractivity contribution in [2.24, 2.45) is 11.3 Å². The molecule has 2 fully saturated rings. The summed E-state index contributed by atoms with van der Waals surface area (Å²) < 4.78 is 0. The van der Waals surface area contributed by atoms with E-state index in [0.717, 1.165) is 17.7 Å². The molecular weight excluding hydrogens is 190 g/mol. The van der Waals surface area contributed by atoms with E-state index in [-0.39, 0.29) is 0 Å². The summed E-state index contributed by atoms with van der Waals surface area (Å²) in [6.07, 6.45) is 7.14. The molecule has 1 nitrogen and oxygen atoms in total. The SMILES string of the molecule is CC(C1CC1)N(C)CC1(CS)CCC1. The molecule has 0 aromatic rings. The predicted octanol–water partition coefficient (Wildman–Crippen LogP) is 2.82. The van der Waals surface area contributed by atoms with E-state index in [1.807, 2.05) is 0 Å². The van der Waals surface area contributed by atoms with Crippen molar-refractivity contribution in [3.63, 3.8) is 0 Å². The fourth-order valence-corrected chi connectivity index (χ4v) is 3.07. The van der Waals surface area contributed by atoms with Gasteiger partial charge in [0.05, 0.1) is 0 Å². The summed E-state index contributed by atoms with van der Waals surface area (Å²) in [5, 5.41) is 0. The maximum absolute atomic E-state index is 4.52. The molecule has 14 heavy (non-hydrogen) atoms. The van der Waals surface area contributed by atoms with Crippen molar-refractivity contribution in [3.05, 3.63) is 0 Å². The molecule has 0 bridgehead atoms. The Balaban J connectivity index is 1.82. The van der Waals surface area contributed by atoms with Gasteiger partial charge in [0, 0.05) is 12.6 Å². The molecule has 0 aliphatic heterocycles. The van der Waals surface area contributed by atoms with Crippen LogP contribution in [0.4, 0.5) is 0 Å². The zero-order valence-electron chi connectivity index (χ0n) is 9.50. The lowest BCUT2D eigenvalue weighted by atomic mass is 9.70. The van der Waals surface area contributed by atoms with Crippen LogP contribution in [0.15, 0.2) is 0 Å². The molecule has 2 heteroatoms. The van der Waals surface area contributed by atoms with Crippen LogP contribution >= 0.6 is 12.6 Å². The number of rotatable bonds is 5. The first-order valence-corrected chi connectivity index (χ1v) is 6.61. The molecular formula is C12H23NS. The van der Waals surface area contributed by atoms with E-state index >= 15 is 0 Å².